The molecule has 0 bridgehead atoms. The zero-order chi connectivity index (χ0) is 21.1. The average molecular weight is 403 g/mol. The van der Waals surface area contributed by atoms with E-state index in [-0.39, 0.29) is 6.42 Å². The van der Waals surface area contributed by atoms with Crippen LogP contribution in [0.15, 0.2) is 0 Å². The van der Waals surface area contributed by atoms with E-state index in [4.69, 9.17) is 0 Å². The fourth-order valence-electron chi connectivity index (χ4n) is 3.56. The second-order valence-electron chi connectivity index (χ2n) is 8.41. The standard InChI is InChI=1S/C23H46O5/c1-2-3-4-5-6-7-8-9-10-11-12-13-14-15-16-17-21(27)22(28)23(18-24,19-25)20-26/h22,24-26,28H,2-20H2,1H3. The van der Waals surface area contributed by atoms with Gasteiger partial charge in [-0.2, -0.15) is 0 Å². The molecule has 5 nitrogen and oxygen atoms in total. The molecule has 0 aliphatic carbocycles. The van der Waals surface area contributed by atoms with Crippen LogP contribution in [0.5, 0.6) is 0 Å². The van der Waals surface area contributed by atoms with Gasteiger partial charge in [0.05, 0.1) is 25.2 Å². The van der Waals surface area contributed by atoms with Gasteiger partial charge in [0, 0.05) is 6.42 Å². The van der Waals surface area contributed by atoms with E-state index in [0.29, 0.717) is 6.42 Å². The normalized spacial score (nSPS) is 13.0. The molecule has 0 saturated carbocycles. The van der Waals surface area contributed by atoms with Crippen molar-refractivity contribution in [2.45, 2.75) is 116 Å². The van der Waals surface area contributed by atoms with Gasteiger partial charge in [-0.1, -0.05) is 96.8 Å². The van der Waals surface area contributed by atoms with Gasteiger partial charge in [-0.15, -0.1) is 0 Å². The summed E-state index contributed by atoms with van der Waals surface area (Å²) < 4.78 is 0. The van der Waals surface area contributed by atoms with E-state index >= 15 is 0 Å². The molecule has 0 saturated heterocycles. The fourth-order valence-corrected chi connectivity index (χ4v) is 3.56. The number of hydrogen-bond donors (Lipinski definition) is 4. The highest BCUT2D eigenvalue weighted by Gasteiger charge is 2.40. The van der Waals surface area contributed by atoms with E-state index < -0.39 is 37.1 Å². The van der Waals surface area contributed by atoms with Gasteiger partial charge in [0.15, 0.2) is 5.78 Å². The third-order valence-corrected chi connectivity index (χ3v) is 5.86. The Labute approximate surface area is 172 Å². The molecule has 0 spiro atoms. The Hall–Kier alpha value is -0.490. The van der Waals surface area contributed by atoms with Crippen molar-refractivity contribution in [2.75, 3.05) is 19.8 Å². The molecule has 0 rings (SSSR count). The number of carbonyl (C=O) groups is 1. The summed E-state index contributed by atoms with van der Waals surface area (Å²) in [6.07, 6.45) is 17.5. The van der Waals surface area contributed by atoms with Crippen LogP contribution < -0.4 is 0 Å². The minimum Gasteiger partial charge on any atom is -0.395 e. The van der Waals surface area contributed by atoms with Crippen molar-refractivity contribution in [3.05, 3.63) is 0 Å². The number of rotatable bonds is 21. The first-order chi connectivity index (χ1) is 13.6. The van der Waals surface area contributed by atoms with Crippen LogP contribution in [0.4, 0.5) is 0 Å². The maximum absolute atomic E-state index is 12.0. The maximum Gasteiger partial charge on any atom is 0.162 e. The first kappa shape index (κ1) is 27.5. The average Bonchev–Trinajstić information content (AvgIpc) is 2.72. The van der Waals surface area contributed by atoms with Crippen LogP contribution in [0.3, 0.4) is 0 Å². The van der Waals surface area contributed by atoms with Gasteiger partial charge in [0.2, 0.25) is 0 Å². The molecular weight excluding hydrogens is 356 g/mol. The highest BCUT2D eigenvalue weighted by atomic mass is 16.3. The molecule has 168 valence electrons. The smallest absolute Gasteiger partial charge is 0.162 e. The van der Waals surface area contributed by atoms with Crippen LogP contribution in [0.25, 0.3) is 0 Å². The van der Waals surface area contributed by atoms with Gasteiger partial charge >= 0.3 is 0 Å². The summed E-state index contributed by atoms with van der Waals surface area (Å²) in [5, 5.41) is 37.8. The van der Waals surface area contributed by atoms with Crippen LogP contribution in [-0.4, -0.2) is 52.1 Å². The summed E-state index contributed by atoms with van der Waals surface area (Å²) in [5.74, 6) is -0.410. The number of Topliss-reactive ketones (excluding diaryl/α,β-unsaturated/α-hetero) is 1. The topological polar surface area (TPSA) is 98.0 Å². The van der Waals surface area contributed by atoms with E-state index in [1.165, 1.54) is 77.0 Å². The molecule has 4 N–H and O–H groups in total. The third kappa shape index (κ3) is 12.2. The van der Waals surface area contributed by atoms with E-state index in [2.05, 4.69) is 6.92 Å². The Kier molecular flexibility index (Phi) is 18.2. The lowest BCUT2D eigenvalue weighted by Crippen LogP contribution is -2.49. The molecule has 1 unspecified atom stereocenters. The predicted molar refractivity (Wildman–Crippen MR) is 114 cm³/mol. The van der Waals surface area contributed by atoms with Crippen molar-refractivity contribution in [1.29, 1.82) is 0 Å². The van der Waals surface area contributed by atoms with E-state index in [9.17, 15) is 25.2 Å². The van der Waals surface area contributed by atoms with Gasteiger partial charge in [0.1, 0.15) is 6.10 Å². The molecule has 0 aliphatic heterocycles. The summed E-state index contributed by atoms with van der Waals surface area (Å²) >= 11 is 0. The number of unbranched alkanes of at least 4 members (excludes halogenated alkanes) is 14. The number of hydrogen-bond acceptors (Lipinski definition) is 5. The second-order valence-corrected chi connectivity index (χ2v) is 8.41. The van der Waals surface area contributed by atoms with Crippen molar-refractivity contribution in [3.63, 3.8) is 0 Å². The summed E-state index contributed by atoms with van der Waals surface area (Å²) in [7, 11) is 0. The lowest BCUT2D eigenvalue weighted by Gasteiger charge is -2.31. The molecule has 5 heteroatoms. The van der Waals surface area contributed by atoms with Crippen molar-refractivity contribution in [3.8, 4) is 0 Å². The monoisotopic (exact) mass is 402 g/mol. The van der Waals surface area contributed by atoms with Crippen molar-refractivity contribution >= 4 is 5.78 Å². The zero-order valence-electron chi connectivity index (χ0n) is 18.2. The fraction of sp³-hybridized carbons (Fsp3) is 0.957. The second kappa shape index (κ2) is 18.5. The number of aliphatic hydroxyl groups excluding tert-OH is 4. The SMILES string of the molecule is CCCCCCCCCCCCCCCCCC(=O)C(O)C(CO)(CO)CO. The summed E-state index contributed by atoms with van der Waals surface area (Å²) in [4.78, 5) is 12.0. The molecule has 0 aromatic heterocycles. The maximum atomic E-state index is 12.0. The molecule has 0 aromatic rings. The first-order valence-electron chi connectivity index (χ1n) is 11.6. The Bertz CT molecular complexity index is 347. The molecule has 0 aliphatic rings. The van der Waals surface area contributed by atoms with Crippen LogP contribution in [0.2, 0.25) is 0 Å². The summed E-state index contributed by atoms with van der Waals surface area (Å²) in [5.41, 5.74) is -1.54. The Morgan fingerprint density at radius 1 is 0.643 bits per heavy atom. The molecule has 1 atom stereocenters. The molecular formula is C23H46O5. The van der Waals surface area contributed by atoms with E-state index in [1.54, 1.807) is 0 Å². The zero-order valence-corrected chi connectivity index (χ0v) is 18.2. The van der Waals surface area contributed by atoms with E-state index in [0.717, 1.165) is 12.8 Å². The van der Waals surface area contributed by atoms with Gasteiger partial charge in [-0.05, 0) is 6.42 Å². The molecule has 0 fully saturated rings. The van der Waals surface area contributed by atoms with Crippen molar-refractivity contribution in [2.24, 2.45) is 5.41 Å². The molecule has 0 heterocycles. The lowest BCUT2D eigenvalue weighted by molar-refractivity contribution is -0.144. The van der Waals surface area contributed by atoms with Crippen LogP contribution >= 0.6 is 0 Å². The molecule has 0 amide bonds. The number of carbonyl (C=O) groups excluding carboxylic acids is 1. The highest BCUT2D eigenvalue weighted by Crippen LogP contribution is 2.23. The number of ketones is 1. The quantitative estimate of drug-likeness (QED) is 0.216. The van der Waals surface area contributed by atoms with Gasteiger partial charge in [-0.3, -0.25) is 4.79 Å². The van der Waals surface area contributed by atoms with Crippen LogP contribution in [0, 0.1) is 5.41 Å². The third-order valence-electron chi connectivity index (χ3n) is 5.86. The van der Waals surface area contributed by atoms with Gasteiger partial charge in [-0.25, -0.2) is 0 Å². The van der Waals surface area contributed by atoms with Crippen molar-refractivity contribution < 1.29 is 25.2 Å². The predicted octanol–water partition coefficient (Wildman–Crippen LogP) is 4.14. The first-order valence-corrected chi connectivity index (χ1v) is 11.6. The minimum absolute atomic E-state index is 0.223. The summed E-state index contributed by atoms with van der Waals surface area (Å²) in [6.45, 7) is 0.396. The van der Waals surface area contributed by atoms with Gasteiger partial charge < -0.3 is 20.4 Å². The number of aliphatic hydroxyl groups is 4. The molecule has 0 aromatic carbocycles. The van der Waals surface area contributed by atoms with Gasteiger partial charge in [0.25, 0.3) is 0 Å². The van der Waals surface area contributed by atoms with Crippen molar-refractivity contribution in [1.82, 2.24) is 0 Å². The van der Waals surface area contributed by atoms with Crippen LogP contribution in [-0.2, 0) is 4.79 Å². The Balaban J connectivity index is 3.51. The minimum atomic E-state index is -1.54. The lowest BCUT2D eigenvalue weighted by atomic mass is 9.81. The molecule has 0 radical (unpaired) electrons. The Morgan fingerprint density at radius 3 is 1.29 bits per heavy atom. The Morgan fingerprint density at radius 2 is 0.964 bits per heavy atom. The molecule has 28 heavy (non-hydrogen) atoms. The van der Waals surface area contributed by atoms with Crippen LogP contribution in [0.1, 0.15) is 110 Å². The summed E-state index contributed by atoms with van der Waals surface area (Å²) in [6, 6.07) is 0. The van der Waals surface area contributed by atoms with E-state index in [1.807, 2.05) is 0 Å². The largest absolute Gasteiger partial charge is 0.395 e. The highest BCUT2D eigenvalue weighted by molar-refractivity contribution is 5.83.